The fraction of sp³-hybridized carbons (Fsp3) is 0.579. The minimum atomic E-state index is -0.225. The fourth-order valence-electron chi connectivity index (χ4n) is 3.94. The van der Waals surface area contributed by atoms with E-state index in [1.165, 1.54) is 18.4 Å². The van der Waals surface area contributed by atoms with Gasteiger partial charge in [0.1, 0.15) is 0 Å². The zero-order valence-electron chi connectivity index (χ0n) is 13.8. The second kappa shape index (κ2) is 6.83. The van der Waals surface area contributed by atoms with Crippen molar-refractivity contribution in [1.82, 2.24) is 9.88 Å². The van der Waals surface area contributed by atoms with Gasteiger partial charge in [0, 0.05) is 30.4 Å². The van der Waals surface area contributed by atoms with E-state index in [9.17, 15) is 9.90 Å². The van der Waals surface area contributed by atoms with Crippen LogP contribution in [0.4, 0.5) is 0 Å². The van der Waals surface area contributed by atoms with E-state index in [2.05, 4.69) is 11.6 Å². The number of rotatable bonds is 4. The summed E-state index contributed by atoms with van der Waals surface area (Å²) < 4.78 is 0. The second-order valence-electron chi connectivity index (χ2n) is 7.02. The molecule has 0 spiro atoms. The molecule has 1 fully saturated rings. The molecule has 1 atom stereocenters. The average Bonchev–Trinajstić information content (AvgIpc) is 2.61. The highest BCUT2D eigenvalue weighted by Crippen LogP contribution is 2.34. The largest absolute Gasteiger partial charge is 0.396 e. The number of piperidine rings is 1. The van der Waals surface area contributed by atoms with Gasteiger partial charge in [-0.15, -0.1) is 6.58 Å². The summed E-state index contributed by atoms with van der Waals surface area (Å²) in [5.74, 6) is 0.0486. The molecule has 1 aromatic rings. The number of hydrogen-bond acceptors (Lipinski definition) is 3. The molecule has 124 valence electrons. The van der Waals surface area contributed by atoms with Crippen LogP contribution >= 0.6 is 0 Å². The predicted molar refractivity (Wildman–Crippen MR) is 90.3 cm³/mol. The molecule has 2 heterocycles. The van der Waals surface area contributed by atoms with Crippen LogP contribution in [-0.4, -0.2) is 40.6 Å². The highest BCUT2D eigenvalue weighted by atomic mass is 16.3. The minimum absolute atomic E-state index is 0.0486. The molecule has 1 aromatic heterocycles. The molecule has 23 heavy (non-hydrogen) atoms. The number of carbonyl (C=O) groups excluding carboxylic acids is 1. The Morgan fingerprint density at radius 3 is 3.00 bits per heavy atom. The zero-order chi connectivity index (χ0) is 16.3. The number of nitrogens with zero attached hydrogens (tertiary/aromatic N) is 2. The van der Waals surface area contributed by atoms with E-state index in [4.69, 9.17) is 0 Å². The maximum Gasteiger partial charge on any atom is 0.255 e. The van der Waals surface area contributed by atoms with Gasteiger partial charge in [-0.3, -0.25) is 9.78 Å². The van der Waals surface area contributed by atoms with Gasteiger partial charge < -0.3 is 10.0 Å². The first-order valence-electron chi connectivity index (χ1n) is 8.66. The number of carbonyl (C=O) groups is 1. The number of hydrogen-bond donors (Lipinski definition) is 1. The third-order valence-corrected chi connectivity index (χ3v) is 5.28. The van der Waals surface area contributed by atoms with Crippen LogP contribution in [0.25, 0.3) is 0 Å². The summed E-state index contributed by atoms with van der Waals surface area (Å²) in [5, 5.41) is 9.80. The molecule has 0 radical (unpaired) electrons. The van der Waals surface area contributed by atoms with Gasteiger partial charge in [-0.2, -0.15) is 0 Å². The third kappa shape index (κ3) is 3.32. The molecular formula is C19H26N2O2. The molecule has 4 heteroatoms. The van der Waals surface area contributed by atoms with Gasteiger partial charge in [0.15, 0.2) is 0 Å². The third-order valence-electron chi connectivity index (χ3n) is 5.28. The number of fused-ring (bicyclic) bond motifs is 1. The van der Waals surface area contributed by atoms with Crippen LogP contribution in [0.5, 0.6) is 0 Å². The molecule has 2 aliphatic rings. The highest BCUT2D eigenvalue weighted by Gasteiger charge is 2.36. The number of likely N-dealkylation sites (tertiary alicyclic amines) is 1. The van der Waals surface area contributed by atoms with E-state index < -0.39 is 0 Å². The van der Waals surface area contributed by atoms with E-state index in [-0.39, 0.29) is 17.9 Å². The summed E-state index contributed by atoms with van der Waals surface area (Å²) in [6.07, 6.45) is 10.6. The molecule has 1 unspecified atom stereocenters. The van der Waals surface area contributed by atoms with Crippen molar-refractivity contribution in [2.24, 2.45) is 5.41 Å². The fourth-order valence-corrected chi connectivity index (χ4v) is 3.94. The lowest BCUT2D eigenvalue weighted by Crippen LogP contribution is -2.47. The quantitative estimate of drug-likeness (QED) is 0.870. The molecule has 1 aliphatic carbocycles. The van der Waals surface area contributed by atoms with Crippen molar-refractivity contribution < 1.29 is 9.90 Å². The standard InChI is InChI=1S/C19H26N2O2/c1-2-8-19(14-22)9-5-10-21(13-19)18(23)16-11-15-6-3-4-7-17(15)20-12-16/h2,11-12,22H,1,3-10,13-14H2. The van der Waals surface area contributed by atoms with Crippen LogP contribution in [0.3, 0.4) is 0 Å². The van der Waals surface area contributed by atoms with Crippen molar-refractivity contribution >= 4 is 5.91 Å². The Kier molecular flexibility index (Phi) is 4.81. The number of aryl methyl sites for hydroxylation is 2. The van der Waals surface area contributed by atoms with Crippen molar-refractivity contribution in [3.63, 3.8) is 0 Å². The molecule has 0 saturated carbocycles. The van der Waals surface area contributed by atoms with Gasteiger partial charge in [0.2, 0.25) is 0 Å². The van der Waals surface area contributed by atoms with Crippen LogP contribution in [0.2, 0.25) is 0 Å². The van der Waals surface area contributed by atoms with Crippen LogP contribution in [0, 0.1) is 5.41 Å². The van der Waals surface area contributed by atoms with Gasteiger partial charge in [0.05, 0.1) is 12.2 Å². The van der Waals surface area contributed by atoms with E-state index in [0.717, 1.165) is 44.3 Å². The summed E-state index contributed by atoms with van der Waals surface area (Å²) in [4.78, 5) is 19.3. The summed E-state index contributed by atoms with van der Waals surface area (Å²) in [7, 11) is 0. The Labute approximate surface area is 138 Å². The van der Waals surface area contributed by atoms with Crippen molar-refractivity contribution in [3.8, 4) is 0 Å². The number of aromatic nitrogens is 1. The molecule has 1 aliphatic heterocycles. The van der Waals surface area contributed by atoms with Crippen LogP contribution < -0.4 is 0 Å². The summed E-state index contributed by atoms with van der Waals surface area (Å²) in [6, 6.07) is 2.03. The number of aliphatic hydroxyl groups is 1. The lowest BCUT2D eigenvalue weighted by molar-refractivity contribution is 0.0285. The Balaban J connectivity index is 1.78. The minimum Gasteiger partial charge on any atom is -0.396 e. The Bertz CT molecular complexity index is 599. The first-order chi connectivity index (χ1) is 11.2. The van der Waals surface area contributed by atoms with Crippen LogP contribution in [0.15, 0.2) is 24.9 Å². The average molecular weight is 314 g/mol. The van der Waals surface area contributed by atoms with Gasteiger partial charge in [-0.1, -0.05) is 6.08 Å². The van der Waals surface area contributed by atoms with Gasteiger partial charge in [-0.25, -0.2) is 0 Å². The summed E-state index contributed by atoms with van der Waals surface area (Å²) in [6.45, 7) is 5.26. The van der Waals surface area contributed by atoms with Crippen molar-refractivity contribution in [2.45, 2.75) is 44.9 Å². The number of pyridine rings is 1. The lowest BCUT2D eigenvalue weighted by atomic mass is 9.77. The number of allylic oxidation sites excluding steroid dienone is 1. The van der Waals surface area contributed by atoms with Crippen molar-refractivity contribution in [2.75, 3.05) is 19.7 Å². The van der Waals surface area contributed by atoms with Gasteiger partial charge in [-0.05, 0) is 56.6 Å². The van der Waals surface area contributed by atoms with E-state index in [0.29, 0.717) is 12.1 Å². The van der Waals surface area contributed by atoms with Crippen molar-refractivity contribution in [1.29, 1.82) is 0 Å². The first-order valence-corrected chi connectivity index (χ1v) is 8.66. The Hall–Kier alpha value is -1.68. The Morgan fingerprint density at radius 2 is 2.22 bits per heavy atom. The normalized spacial score (nSPS) is 24.1. The second-order valence-corrected chi connectivity index (χ2v) is 7.02. The molecule has 1 saturated heterocycles. The van der Waals surface area contributed by atoms with E-state index in [1.54, 1.807) is 6.20 Å². The zero-order valence-corrected chi connectivity index (χ0v) is 13.8. The molecule has 3 rings (SSSR count). The number of amides is 1. The first kappa shape index (κ1) is 16.2. The monoisotopic (exact) mass is 314 g/mol. The van der Waals surface area contributed by atoms with Gasteiger partial charge >= 0.3 is 0 Å². The summed E-state index contributed by atoms with van der Waals surface area (Å²) >= 11 is 0. The van der Waals surface area contributed by atoms with E-state index >= 15 is 0 Å². The molecule has 4 nitrogen and oxygen atoms in total. The Morgan fingerprint density at radius 1 is 1.39 bits per heavy atom. The van der Waals surface area contributed by atoms with Crippen molar-refractivity contribution in [3.05, 3.63) is 41.7 Å². The molecule has 1 amide bonds. The molecule has 0 bridgehead atoms. The predicted octanol–water partition coefficient (Wildman–Crippen LogP) is 2.75. The molecule has 0 aromatic carbocycles. The molecular weight excluding hydrogens is 288 g/mol. The maximum absolute atomic E-state index is 12.9. The molecule has 1 N–H and O–H groups in total. The lowest BCUT2D eigenvalue weighted by Gasteiger charge is -2.41. The SMILES string of the molecule is C=CCC1(CO)CCCN(C(=O)c2cnc3c(c2)CCCC3)C1. The van der Waals surface area contributed by atoms with E-state index in [1.807, 2.05) is 17.0 Å². The topological polar surface area (TPSA) is 53.4 Å². The van der Waals surface area contributed by atoms with Gasteiger partial charge in [0.25, 0.3) is 5.91 Å². The maximum atomic E-state index is 12.9. The number of aliphatic hydroxyl groups excluding tert-OH is 1. The smallest absolute Gasteiger partial charge is 0.255 e. The van der Waals surface area contributed by atoms with Crippen LogP contribution in [-0.2, 0) is 12.8 Å². The summed E-state index contributed by atoms with van der Waals surface area (Å²) in [5.41, 5.74) is 2.86. The highest BCUT2D eigenvalue weighted by molar-refractivity contribution is 5.94. The van der Waals surface area contributed by atoms with Crippen LogP contribution in [0.1, 0.15) is 53.7 Å².